The van der Waals surface area contributed by atoms with Gasteiger partial charge in [0.15, 0.2) is 0 Å². The molecule has 0 heterocycles. The van der Waals surface area contributed by atoms with E-state index in [1.54, 1.807) is 0 Å². The van der Waals surface area contributed by atoms with Crippen LogP contribution >= 0.6 is 46.4 Å². The molecule has 0 atom stereocenters. The maximum atomic E-state index is 5.12. The maximum absolute atomic E-state index is 5.12. The Balaban J connectivity index is 0. The standard InChI is InChI=1S/C2H2Cl4.H2O/c3-1-2(4,5)6;/h1H2;1H2. The Morgan fingerprint density at radius 2 is 1.29 bits per heavy atom. The summed E-state index contributed by atoms with van der Waals surface area (Å²) in [5.74, 6) is 0.0394. The van der Waals surface area contributed by atoms with Crippen molar-refractivity contribution in [2.24, 2.45) is 0 Å². The summed E-state index contributed by atoms with van der Waals surface area (Å²) in [4.78, 5) is 0. The quantitative estimate of drug-likeness (QED) is 0.516. The van der Waals surface area contributed by atoms with E-state index in [2.05, 4.69) is 0 Å². The minimum atomic E-state index is -1.28. The molecule has 0 aliphatic carbocycles. The third kappa shape index (κ3) is 11.0. The van der Waals surface area contributed by atoms with E-state index in [0.29, 0.717) is 0 Å². The molecule has 0 aliphatic heterocycles. The summed E-state index contributed by atoms with van der Waals surface area (Å²) in [6.07, 6.45) is 0. The molecule has 0 spiro atoms. The van der Waals surface area contributed by atoms with Crippen molar-refractivity contribution in [3.05, 3.63) is 0 Å². The van der Waals surface area contributed by atoms with Gasteiger partial charge in [-0.25, -0.2) is 0 Å². The molecule has 0 saturated carbocycles. The summed E-state index contributed by atoms with van der Waals surface area (Å²) in [6, 6.07) is 0. The zero-order valence-corrected chi connectivity index (χ0v) is 6.24. The van der Waals surface area contributed by atoms with Crippen LogP contribution in [0.25, 0.3) is 0 Å². The molecule has 5 heteroatoms. The zero-order valence-electron chi connectivity index (χ0n) is 3.22. The summed E-state index contributed by atoms with van der Waals surface area (Å²) < 4.78 is -1.28. The molecule has 0 saturated heterocycles. The molecule has 0 bridgehead atoms. The predicted octanol–water partition coefficient (Wildman–Crippen LogP) is 1.77. The molecular weight excluding hydrogens is 182 g/mol. The largest absolute Gasteiger partial charge is 0.412 e. The van der Waals surface area contributed by atoms with Crippen molar-refractivity contribution in [1.82, 2.24) is 0 Å². The summed E-state index contributed by atoms with van der Waals surface area (Å²) in [6.45, 7) is 0. The molecule has 0 unspecified atom stereocenters. The second kappa shape index (κ2) is 4.04. The minimum absolute atomic E-state index is 0. The van der Waals surface area contributed by atoms with E-state index >= 15 is 0 Å². The predicted molar refractivity (Wildman–Crippen MR) is 34.6 cm³/mol. The first kappa shape index (κ1) is 11.0. The van der Waals surface area contributed by atoms with Gasteiger partial charge in [-0.05, 0) is 0 Å². The van der Waals surface area contributed by atoms with Gasteiger partial charge in [0.25, 0.3) is 0 Å². The smallest absolute Gasteiger partial charge is 0.203 e. The van der Waals surface area contributed by atoms with Gasteiger partial charge >= 0.3 is 0 Å². The van der Waals surface area contributed by atoms with Gasteiger partial charge in [0, 0.05) is 0 Å². The van der Waals surface area contributed by atoms with Crippen LogP contribution in [0.1, 0.15) is 0 Å². The fourth-order valence-corrected chi connectivity index (χ4v) is 0. The van der Waals surface area contributed by atoms with Crippen molar-refractivity contribution in [2.75, 3.05) is 5.88 Å². The van der Waals surface area contributed by atoms with Gasteiger partial charge in [-0.1, -0.05) is 34.8 Å². The molecule has 0 fully saturated rings. The van der Waals surface area contributed by atoms with Crippen LogP contribution in [-0.4, -0.2) is 15.1 Å². The Hall–Kier alpha value is 1.12. The zero-order chi connectivity index (χ0) is 5.21. The molecule has 0 aliphatic rings. The molecule has 0 amide bonds. The summed E-state index contributed by atoms with van der Waals surface area (Å²) >= 11 is 20.4. The second-order valence-corrected chi connectivity index (χ2v) is 3.53. The first-order chi connectivity index (χ1) is 2.56. The van der Waals surface area contributed by atoms with Crippen LogP contribution in [0.5, 0.6) is 0 Å². The van der Waals surface area contributed by atoms with Gasteiger partial charge in [-0.2, -0.15) is 0 Å². The molecule has 0 radical (unpaired) electrons. The molecule has 7 heavy (non-hydrogen) atoms. The number of alkyl halides is 4. The van der Waals surface area contributed by atoms with Crippen molar-refractivity contribution in [3.63, 3.8) is 0 Å². The monoisotopic (exact) mass is 184 g/mol. The topological polar surface area (TPSA) is 31.5 Å². The van der Waals surface area contributed by atoms with Crippen molar-refractivity contribution in [3.8, 4) is 0 Å². The molecular formula is C2H4Cl4O. The average molecular weight is 186 g/mol. The van der Waals surface area contributed by atoms with Crippen LogP contribution in [0.15, 0.2) is 0 Å². The third-order valence-corrected chi connectivity index (χ3v) is 1.36. The summed E-state index contributed by atoms with van der Waals surface area (Å²) in [5.41, 5.74) is 0. The Bertz CT molecular complexity index is 39.4. The Morgan fingerprint density at radius 3 is 1.29 bits per heavy atom. The highest BCUT2D eigenvalue weighted by molar-refractivity contribution is 6.69. The van der Waals surface area contributed by atoms with Crippen LogP contribution in [0.4, 0.5) is 0 Å². The van der Waals surface area contributed by atoms with Crippen LogP contribution < -0.4 is 0 Å². The third-order valence-electron chi connectivity index (χ3n) is 0.152. The SMILES string of the molecule is ClCC(Cl)(Cl)Cl.O. The van der Waals surface area contributed by atoms with E-state index < -0.39 is 3.79 Å². The summed E-state index contributed by atoms with van der Waals surface area (Å²) in [7, 11) is 0. The normalized spacial score (nSPS) is 10.3. The highest BCUT2D eigenvalue weighted by Gasteiger charge is 2.16. The highest BCUT2D eigenvalue weighted by atomic mass is 35.6. The lowest BCUT2D eigenvalue weighted by molar-refractivity contribution is 0.824. The second-order valence-electron chi connectivity index (χ2n) is 0.749. The van der Waals surface area contributed by atoms with Gasteiger partial charge < -0.3 is 5.48 Å². The van der Waals surface area contributed by atoms with Gasteiger partial charge in [-0.15, -0.1) is 11.6 Å². The number of halogens is 4. The van der Waals surface area contributed by atoms with Crippen molar-refractivity contribution >= 4 is 46.4 Å². The fourth-order valence-electron chi connectivity index (χ4n) is 0. The minimum Gasteiger partial charge on any atom is -0.412 e. The number of rotatable bonds is 0. The van der Waals surface area contributed by atoms with E-state index in [4.69, 9.17) is 46.4 Å². The fraction of sp³-hybridized carbons (Fsp3) is 1.00. The number of hydrogen-bond donors (Lipinski definition) is 0. The first-order valence-electron chi connectivity index (χ1n) is 1.19. The van der Waals surface area contributed by atoms with Crippen molar-refractivity contribution in [2.45, 2.75) is 3.79 Å². The molecule has 0 aromatic carbocycles. The van der Waals surface area contributed by atoms with Gasteiger partial charge in [0.2, 0.25) is 3.79 Å². The Kier molecular flexibility index (Phi) is 6.35. The molecule has 0 aromatic rings. The molecule has 46 valence electrons. The van der Waals surface area contributed by atoms with E-state index in [0.717, 1.165) is 0 Å². The highest BCUT2D eigenvalue weighted by Crippen LogP contribution is 2.26. The molecule has 2 N–H and O–H groups in total. The Morgan fingerprint density at radius 1 is 1.14 bits per heavy atom. The lowest BCUT2D eigenvalue weighted by atomic mass is 10.9. The van der Waals surface area contributed by atoms with Crippen LogP contribution in [0.2, 0.25) is 0 Å². The number of hydrogen-bond acceptors (Lipinski definition) is 0. The molecule has 0 aromatic heterocycles. The average Bonchev–Trinajstić information content (AvgIpc) is 1.35. The van der Waals surface area contributed by atoms with E-state index in [-0.39, 0.29) is 11.4 Å². The van der Waals surface area contributed by atoms with Gasteiger partial charge in [0.1, 0.15) is 0 Å². The molecule has 1 nitrogen and oxygen atoms in total. The van der Waals surface area contributed by atoms with E-state index in [1.807, 2.05) is 0 Å². The van der Waals surface area contributed by atoms with Crippen LogP contribution in [-0.2, 0) is 0 Å². The Labute approximate surface area is 61.8 Å². The van der Waals surface area contributed by atoms with Crippen LogP contribution in [0.3, 0.4) is 0 Å². The van der Waals surface area contributed by atoms with Crippen molar-refractivity contribution in [1.29, 1.82) is 0 Å². The maximum Gasteiger partial charge on any atom is 0.203 e. The van der Waals surface area contributed by atoms with E-state index in [9.17, 15) is 0 Å². The first-order valence-corrected chi connectivity index (χ1v) is 2.86. The van der Waals surface area contributed by atoms with E-state index in [1.165, 1.54) is 0 Å². The lowest BCUT2D eigenvalue weighted by Crippen LogP contribution is -2.01. The summed E-state index contributed by atoms with van der Waals surface area (Å²) in [5, 5.41) is 0. The lowest BCUT2D eigenvalue weighted by Gasteiger charge is -2.00. The van der Waals surface area contributed by atoms with Crippen molar-refractivity contribution < 1.29 is 5.48 Å². The van der Waals surface area contributed by atoms with Crippen LogP contribution in [0, 0.1) is 0 Å². The van der Waals surface area contributed by atoms with Gasteiger partial charge in [-0.3, -0.25) is 0 Å². The molecule has 0 rings (SSSR count). The van der Waals surface area contributed by atoms with Gasteiger partial charge in [0.05, 0.1) is 5.88 Å².